The van der Waals surface area contributed by atoms with Gasteiger partial charge in [-0.2, -0.15) is 0 Å². The van der Waals surface area contributed by atoms with E-state index in [0.29, 0.717) is 17.6 Å². The number of halogens is 1. The fourth-order valence-corrected chi connectivity index (χ4v) is 5.68. The van der Waals surface area contributed by atoms with Gasteiger partial charge in [-0.25, -0.2) is 4.79 Å². The van der Waals surface area contributed by atoms with E-state index >= 15 is 0 Å². The van der Waals surface area contributed by atoms with Gasteiger partial charge >= 0.3 is 5.97 Å². The number of rotatable bonds is 3. The summed E-state index contributed by atoms with van der Waals surface area (Å²) >= 11 is 1.96. The normalized spacial score (nSPS) is 37.5. The minimum absolute atomic E-state index is 0.0518. The molecule has 8 heteroatoms. The van der Waals surface area contributed by atoms with Crippen LogP contribution in [0.4, 0.5) is 0 Å². The number of allylic oxidation sites excluding steroid dienone is 1. The Kier molecular flexibility index (Phi) is 11.1. The van der Waals surface area contributed by atoms with Gasteiger partial charge in [0.15, 0.2) is 22.0 Å². The third-order valence-corrected chi connectivity index (χ3v) is 8.91. The second-order valence-corrected chi connectivity index (χ2v) is 12.1. The standard InChI is InChI=1S/C29H42INO6/c1-14-12-15(2)26(36-29-20(7)23(31(10)11)13-16(3)35-29)21(8)25(33)22(9)28(34)37-27(30)19(6)17(4)18(5)24(14)32/h14-16,19,21,23,26-27,29H,4-5,7,9,12-13H2,1-3,6,8,10-11H3/t14-,15+,16-,19-,21+,23+,26+,27+,29+/m1/s1. The van der Waals surface area contributed by atoms with Crippen molar-refractivity contribution in [3.63, 3.8) is 0 Å². The summed E-state index contributed by atoms with van der Waals surface area (Å²) in [5, 5.41) is 0. The minimum atomic E-state index is -0.802. The van der Waals surface area contributed by atoms with E-state index in [2.05, 4.69) is 31.2 Å². The Labute approximate surface area is 235 Å². The van der Waals surface area contributed by atoms with Gasteiger partial charge in [0.1, 0.15) is 0 Å². The number of nitrogens with zero attached hydrogens (tertiary/aromatic N) is 1. The van der Waals surface area contributed by atoms with Crippen molar-refractivity contribution in [1.29, 1.82) is 0 Å². The number of alkyl halides is 1. The average molecular weight is 628 g/mol. The summed E-state index contributed by atoms with van der Waals surface area (Å²) in [5.41, 5.74) is 1.34. The summed E-state index contributed by atoms with van der Waals surface area (Å²) in [6.45, 7) is 25.3. The number of ketones is 2. The fraction of sp³-hybridized carbons (Fsp3) is 0.621. The zero-order valence-electron chi connectivity index (χ0n) is 23.2. The lowest BCUT2D eigenvalue weighted by molar-refractivity contribution is -0.209. The summed E-state index contributed by atoms with van der Waals surface area (Å²) in [6.07, 6.45) is -0.270. The van der Waals surface area contributed by atoms with Crippen molar-refractivity contribution in [2.24, 2.45) is 23.7 Å². The van der Waals surface area contributed by atoms with Crippen LogP contribution < -0.4 is 0 Å². The Morgan fingerprint density at radius 1 is 0.892 bits per heavy atom. The van der Waals surface area contributed by atoms with Crippen molar-refractivity contribution < 1.29 is 28.6 Å². The van der Waals surface area contributed by atoms with Gasteiger partial charge in [0.2, 0.25) is 0 Å². The first-order chi connectivity index (χ1) is 17.1. The predicted octanol–water partition coefficient (Wildman–Crippen LogP) is 5.05. The Bertz CT molecular complexity index is 971. The number of Topliss-reactive ketones (excluding diaryl/α,β-unsaturated/α-hetero) is 2. The van der Waals surface area contributed by atoms with E-state index in [1.165, 1.54) is 0 Å². The number of carbonyl (C=O) groups excluding carboxylic acids is 3. The maximum atomic E-state index is 13.4. The Morgan fingerprint density at radius 2 is 1.49 bits per heavy atom. The maximum Gasteiger partial charge on any atom is 0.342 e. The van der Waals surface area contributed by atoms with Crippen molar-refractivity contribution in [3.8, 4) is 0 Å². The van der Waals surface area contributed by atoms with Crippen LogP contribution in [0.5, 0.6) is 0 Å². The van der Waals surface area contributed by atoms with E-state index in [-0.39, 0.29) is 41.3 Å². The Hall–Kier alpha value is -1.62. The lowest BCUT2D eigenvalue weighted by Gasteiger charge is -2.42. The molecule has 0 aromatic heterocycles. The molecule has 2 saturated heterocycles. The molecule has 0 spiro atoms. The minimum Gasteiger partial charge on any atom is -0.447 e. The molecule has 2 fully saturated rings. The molecule has 37 heavy (non-hydrogen) atoms. The van der Waals surface area contributed by atoms with Crippen molar-refractivity contribution in [3.05, 3.63) is 48.6 Å². The smallest absolute Gasteiger partial charge is 0.342 e. The SMILES string of the molecule is C=C1C(=C)[C@@H](C)[C@@H](I)OC(=O)C(=C)C(=O)[C@H](C)[C@@H](O[C@@H]2O[C@H](C)C[C@H](N(C)C)C2=C)[C@@H](C)C[C@@H](C)C1=O. The molecule has 0 amide bonds. The average Bonchev–Trinajstić information content (AvgIpc) is 2.84. The van der Waals surface area contributed by atoms with Crippen LogP contribution in [-0.4, -0.2) is 65.2 Å². The lowest BCUT2D eigenvalue weighted by atomic mass is 9.80. The quantitative estimate of drug-likeness (QED) is 0.108. The van der Waals surface area contributed by atoms with Crippen molar-refractivity contribution in [1.82, 2.24) is 4.90 Å². The van der Waals surface area contributed by atoms with Crippen LogP contribution >= 0.6 is 22.6 Å². The Morgan fingerprint density at radius 3 is 2.05 bits per heavy atom. The zero-order chi connectivity index (χ0) is 28.4. The topological polar surface area (TPSA) is 82.1 Å². The molecule has 0 saturated carbocycles. The van der Waals surface area contributed by atoms with Gasteiger partial charge in [-0.15, -0.1) is 0 Å². The van der Waals surface area contributed by atoms with Crippen LogP contribution in [0.15, 0.2) is 48.6 Å². The van der Waals surface area contributed by atoms with Crippen molar-refractivity contribution >= 4 is 40.1 Å². The molecular weight excluding hydrogens is 585 g/mol. The number of esters is 1. The van der Waals surface area contributed by atoms with Crippen LogP contribution in [0, 0.1) is 23.7 Å². The van der Waals surface area contributed by atoms with Gasteiger partial charge in [-0.05, 0) is 73.5 Å². The van der Waals surface area contributed by atoms with Crippen LogP contribution in [0.3, 0.4) is 0 Å². The van der Waals surface area contributed by atoms with E-state index in [1.54, 1.807) is 13.8 Å². The first-order valence-electron chi connectivity index (χ1n) is 12.7. The molecule has 0 aliphatic carbocycles. The molecule has 0 bridgehead atoms. The molecule has 2 rings (SSSR count). The molecule has 0 aromatic rings. The molecule has 0 radical (unpaired) electrons. The van der Waals surface area contributed by atoms with Gasteiger partial charge in [0.05, 0.1) is 17.8 Å². The molecule has 0 N–H and O–H groups in total. The Balaban J connectivity index is 2.46. The summed E-state index contributed by atoms with van der Waals surface area (Å²) in [4.78, 5) is 41.6. The third-order valence-electron chi connectivity index (χ3n) is 7.58. The van der Waals surface area contributed by atoms with Crippen LogP contribution in [-0.2, 0) is 28.6 Å². The van der Waals surface area contributed by atoms with E-state index < -0.39 is 34.2 Å². The fourth-order valence-electron chi connectivity index (χ4n) is 5.01. The first kappa shape index (κ1) is 31.6. The largest absolute Gasteiger partial charge is 0.447 e. The maximum absolute atomic E-state index is 13.4. The number of hydrogen-bond acceptors (Lipinski definition) is 7. The van der Waals surface area contributed by atoms with Gasteiger partial charge in [-0.1, -0.05) is 54.0 Å². The van der Waals surface area contributed by atoms with Crippen LogP contribution in [0.2, 0.25) is 0 Å². The summed E-state index contributed by atoms with van der Waals surface area (Å²) < 4.78 is 17.5. The van der Waals surface area contributed by atoms with E-state index in [9.17, 15) is 14.4 Å². The number of carbonyl (C=O) groups is 3. The molecule has 2 aliphatic rings. The number of ether oxygens (including phenoxy) is 3. The highest BCUT2D eigenvalue weighted by atomic mass is 127. The zero-order valence-corrected chi connectivity index (χ0v) is 25.4. The van der Waals surface area contributed by atoms with Crippen LogP contribution in [0.25, 0.3) is 0 Å². The molecular formula is C29H42INO6. The van der Waals surface area contributed by atoms with E-state index in [0.717, 1.165) is 12.0 Å². The molecule has 2 heterocycles. The molecule has 9 atom stereocenters. The first-order valence-corrected chi connectivity index (χ1v) is 14.0. The second kappa shape index (κ2) is 13.0. The summed E-state index contributed by atoms with van der Waals surface area (Å²) in [7, 11) is 3.96. The highest BCUT2D eigenvalue weighted by Gasteiger charge is 2.41. The van der Waals surface area contributed by atoms with Gasteiger partial charge in [0, 0.05) is 29.4 Å². The number of hydrogen-bond donors (Lipinski definition) is 0. The van der Waals surface area contributed by atoms with Crippen molar-refractivity contribution in [2.75, 3.05) is 14.1 Å². The second-order valence-electron chi connectivity index (χ2n) is 10.8. The highest BCUT2D eigenvalue weighted by molar-refractivity contribution is 14.1. The van der Waals surface area contributed by atoms with E-state index in [4.69, 9.17) is 14.2 Å². The summed E-state index contributed by atoms with van der Waals surface area (Å²) in [6, 6.07) is 0.0518. The lowest BCUT2D eigenvalue weighted by Crippen LogP contribution is -2.48. The molecule has 0 aromatic carbocycles. The molecule has 2 aliphatic heterocycles. The van der Waals surface area contributed by atoms with Crippen molar-refractivity contribution in [2.45, 2.75) is 76.1 Å². The monoisotopic (exact) mass is 627 g/mol. The van der Waals surface area contributed by atoms with Gasteiger partial charge in [-0.3, -0.25) is 9.59 Å². The third kappa shape index (κ3) is 7.28. The molecule has 0 unspecified atom stereocenters. The molecule has 206 valence electrons. The summed E-state index contributed by atoms with van der Waals surface area (Å²) in [5.74, 6) is -3.13. The predicted molar refractivity (Wildman–Crippen MR) is 153 cm³/mol. The molecule has 7 nitrogen and oxygen atoms in total. The number of cyclic esters (lactones) is 1. The van der Waals surface area contributed by atoms with Crippen LogP contribution in [0.1, 0.15) is 47.5 Å². The number of likely N-dealkylation sites (N-methyl/N-ethyl adjacent to an activating group) is 1. The van der Waals surface area contributed by atoms with Gasteiger partial charge in [0.25, 0.3) is 0 Å². The van der Waals surface area contributed by atoms with E-state index in [1.807, 2.05) is 57.5 Å². The van der Waals surface area contributed by atoms with Gasteiger partial charge < -0.3 is 19.1 Å². The highest BCUT2D eigenvalue weighted by Crippen LogP contribution is 2.35.